The Labute approximate surface area is 155 Å². The first-order valence-electron chi connectivity index (χ1n) is 9.03. The highest BCUT2D eigenvalue weighted by molar-refractivity contribution is 7.15. The summed E-state index contributed by atoms with van der Waals surface area (Å²) in [4.78, 5) is 11.4. The minimum Gasteiger partial charge on any atom is -0.373 e. The number of pyridine rings is 1. The van der Waals surface area contributed by atoms with Crippen LogP contribution in [0.25, 0.3) is 22.2 Å². The fraction of sp³-hybridized carbons (Fsp3) is 0.421. The van der Waals surface area contributed by atoms with Gasteiger partial charge in [0.2, 0.25) is 5.82 Å². The van der Waals surface area contributed by atoms with Gasteiger partial charge in [-0.15, -0.1) is 11.3 Å². The Hall–Kier alpha value is -2.09. The predicted molar refractivity (Wildman–Crippen MR) is 98.9 cm³/mol. The SMILES string of the molecule is Cc1ncc2c(c1-c1noc(-c3ccc(C4CCCO4)s3)n1)CCNC2. The molecule has 0 aliphatic carbocycles. The first-order chi connectivity index (χ1) is 12.8. The van der Waals surface area contributed by atoms with Crippen molar-refractivity contribution >= 4 is 11.3 Å². The van der Waals surface area contributed by atoms with Crippen molar-refractivity contribution in [2.75, 3.05) is 13.2 Å². The lowest BCUT2D eigenvalue weighted by atomic mass is 9.95. The van der Waals surface area contributed by atoms with Crippen molar-refractivity contribution in [2.24, 2.45) is 0 Å². The minimum atomic E-state index is 0.219. The Morgan fingerprint density at radius 2 is 2.27 bits per heavy atom. The number of aryl methyl sites for hydroxylation is 1. The van der Waals surface area contributed by atoms with Crippen LogP contribution >= 0.6 is 11.3 Å². The zero-order chi connectivity index (χ0) is 17.5. The van der Waals surface area contributed by atoms with Gasteiger partial charge >= 0.3 is 0 Å². The van der Waals surface area contributed by atoms with E-state index >= 15 is 0 Å². The molecule has 5 rings (SSSR count). The normalized spacial score (nSPS) is 19.7. The van der Waals surface area contributed by atoms with Crippen molar-refractivity contribution < 1.29 is 9.26 Å². The Bertz CT molecular complexity index is 943. The molecule has 0 aromatic carbocycles. The highest BCUT2D eigenvalue weighted by Crippen LogP contribution is 2.37. The molecule has 0 bridgehead atoms. The summed E-state index contributed by atoms with van der Waals surface area (Å²) in [5.74, 6) is 1.20. The van der Waals surface area contributed by atoms with Crippen LogP contribution in [0.4, 0.5) is 0 Å². The summed E-state index contributed by atoms with van der Waals surface area (Å²) in [6, 6.07) is 4.16. The lowest BCUT2D eigenvalue weighted by Crippen LogP contribution is -2.24. The van der Waals surface area contributed by atoms with Gasteiger partial charge in [0.1, 0.15) is 0 Å². The predicted octanol–water partition coefficient (Wildman–Crippen LogP) is 3.67. The number of hydrogen-bond donors (Lipinski definition) is 1. The van der Waals surface area contributed by atoms with Crippen molar-refractivity contribution in [3.63, 3.8) is 0 Å². The van der Waals surface area contributed by atoms with Crippen LogP contribution in [0.1, 0.15) is 40.6 Å². The Morgan fingerprint density at radius 3 is 3.15 bits per heavy atom. The van der Waals surface area contributed by atoms with E-state index in [2.05, 4.69) is 27.6 Å². The summed E-state index contributed by atoms with van der Waals surface area (Å²) in [5.41, 5.74) is 4.48. The Kier molecular flexibility index (Phi) is 4.07. The first kappa shape index (κ1) is 16.1. The number of rotatable bonds is 3. The average Bonchev–Trinajstić information content (AvgIpc) is 3.41. The largest absolute Gasteiger partial charge is 0.373 e. The number of aromatic nitrogens is 3. The van der Waals surface area contributed by atoms with Gasteiger partial charge < -0.3 is 14.6 Å². The van der Waals surface area contributed by atoms with E-state index in [9.17, 15) is 0 Å². The molecule has 0 amide bonds. The van der Waals surface area contributed by atoms with Crippen LogP contribution < -0.4 is 5.32 Å². The first-order valence-corrected chi connectivity index (χ1v) is 9.85. The molecule has 134 valence electrons. The monoisotopic (exact) mass is 368 g/mol. The number of thiophene rings is 1. The van der Waals surface area contributed by atoms with Crippen LogP contribution in [0.5, 0.6) is 0 Å². The molecule has 3 aromatic heterocycles. The molecule has 1 N–H and O–H groups in total. The fourth-order valence-corrected chi connectivity index (χ4v) is 4.75. The molecule has 6 nitrogen and oxygen atoms in total. The van der Waals surface area contributed by atoms with Crippen molar-refractivity contribution in [3.8, 4) is 22.2 Å². The minimum absolute atomic E-state index is 0.219. The molecule has 1 atom stereocenters. The second kappa shape index (κ2) is 6.57. The third-order valence-electron chi connectivity index (χ3n) is 5.07. The van der Waals surface area contributed by atoms with Crippen molar-refractivity contribution in [1.29, 1.82) is 0 Å². The van der Waals surface area contributed by atoms with Gasteiger partial charge in [0.25, 0.3) is 5.89 Å². The molecule has 26 heavy (non-hydrogen) atoms. The summed E-state index contributed by atoms with van der Waals surface area (Å²) in [6.45, 7) is 4.66. The van der Waals surface area contributed by atoms with Crippen LogP contribution in [-0.2, 0) is 17.7 Å². The van der Waals surface area contributed by atoms with E-state index in [1.54, 1.807) is 11.3 Å². The van der Waals surface area contributed by atoms with Crippen LogP contribution in [0, 0.1) is 6.92 Å². The number of fused-ring (bicyclic) bond motifs is 1. The van der Waals surface area contributed by atoms with E-state index in [4.69, 9.17) is 14.2 Å². The van der Waals surface area contributed by atoms with Crippen LogP contribution in [0.15, 0.2) is 22.9 Å². The standard InChI is InChI=1S/C19H20N4O2S/c1-11-17(13-6-7-20-9-12(13)10-21-11)18-22-19(25-23-18)16-5-4-15(26-16)14-3-2-8-24-14/h4-5,10,14,20H,2-3,6-9H2,1H3. The van der Waals surface area contributed by atoms with Gasteiger partial charge in [-0.2, -0.15) is 4.98 Å². The number of ether oxygens (including phenoxy) is 1. The molecule has 1 unspecified atom stereocenters. The van der Waals surface area contributed by atoms with E-state index in [0.717, 1.165) is 55.1 Å². The van der Waals surface area contributed by atoms with E-state index in [-0.39, 0.29) is 6.10 Å². The van der Waals surface area contributed by atoms with Crippen molar-refractivity contribution in [3.05, 3.63) is 40.0 Å². The Morgan fingerprint density at radius 1 is 1.31 bits per heavy atom. The third-order valence-corrected chi connectivity index (χ3v) is 6.23. The second-order valence-electron chi connectivity index (χ2n) is 6.78. The van der Waals surface area contributed by atoms with Gasteiger partial charge in [-0.1, -0.05) is 5.16 Å². The van der Waals surface area contributed by atoms with Crippen LogP contribution in [0.2, 0.25) is 0 Å². The molecular formula is C19H20N4O2S. The maximum absolute atomic E-state index is 5.77. The lowest BCUT2D eigenvalue weighted by molar-refractivity contribution is 0.114. The zero-order valence-corrected chi connectivity index (χ0v) is 15.4. The van der Waals surface area contributed by atoms with Crippen molar-refractivity contribution in [2.45, 2.75) is 38.8 Å². The molecule has 0 radical (unpaired) electrons. The van der Waals surface area contributed by atoms with Gasteiger partial charge in [0, 0.05) is 35.5 Å². The highest BCUT2D eigenvalue weighted by Gasteiger charge is 2.23. The Balaban J connectivity index is 1.49. The van der Waals surface area contributed by atoms with Gasteiger partial charge in [0.15, 0.2) is 0 Å². The van der Waals surface area contributed by atoms with E-state index in [0.29, 0.717) is 11.7 Å². The molecule has 1 saturated heterocycles. The maximum Gasteiger partial charge on any atom is 0.268 e. The van der Waals surface area contributed by atoms with E-state index in [1.807, 2.05) is 13.1 Å². The zero-order valence-electron chi connectivity index (χ0n) is 14.6. The number of nitrogens with zero attached hydrogens (tertiary/aromatic N) is 3. The van der Waals surface area contributed by atoms with Gasteiger partial charge in [-0.25, -0.2) is 0 Å². The quantitative estimate of drug-likeness (QED) is 0.760. The smallest absolute Gasteiger partial charge is 0.268 e. The molecule has 1 fully saturated rings. The van der Waals surface area contributed by atoms with Gasteiger partial charge in [-0.3, -0.25) is 4.98 Å². The topological polar surface area (TPSA) is 73.1 Å². The van der Waals surface area contributed by atoms with Crippen LogP contribution in [-0.4, -0.2) is 28.3 Å². The van der Waals surface area contributed by atoms with Gasteiger partial charge in [-0.05, 0) is 56.0 Å². The molecule has 0 spiro atoms. The highest BCUT2D eigenvalue weighted by atomic mass is 32.1. The third kappa shape index (κ3) is 2.76. The molecule has 0 saturated carbocycles. The molecule has 2 aliphatic heterocycles. The van der Waals surface area contributed by atoms with Crippen molar-refractivity contribution in [1.82, 2.24) is 20.4 Å². The molecule has 2 aliphatic rings. The van der Waals surface area contributed by atoms with E-state index < -0.39 is 0 Å². The summed E-state index contributed by atoms with van der Waals surface area (Å²) in [6.07, 6.45) is 5.35. The lowest BCUT2D eigenvalue weighted by Gasteiger charge is -2.19. The van der Waals surface area contributed by atoms with E-state index in [1.165, 1.54) is 16.0 Å². The maximum atomic E-state index is 5.77. The average molecular weight is 368 g/mol. The number of hydrogen-bond acceptors (Lipinski definition) is 7. The number of nitrogens with one attached hydrogen (secondary N) is 1. The molecular weight excluding hydrogens is 348 g/mol. The molecule has 7 heteroatoms. The second-order valence-corrected chi connectivity index (χ2v) is 7.89. The summed E-state index contributed by atoms with van der Waals surface area (Å²) >= 11 is 1.68. The summed E-state index contributed by atoms with van der Waals surface area (Å²) in [5, 5.41) is 7.65. The summed E-state index contributed by atoms with van der Waals surface area (Å²) < 4.78 is 11.4. The fourth-order valence-electron chi connectivity index (χ4n) is 3.74. The van der Waals surface area contributed by atoms with Gasteiger partial charge in [0.05, 0.1) is 11.0 Å². The summed E-state index contributed by atoms with van der Waals surface area (Å²) in [7, 11) is 0. The molecule has 3 aromatic rings. The molecule has 5 heterocycles. The van der Waals surface area contributed by atoms with Crippen LogP contribution in [0.3, 0.4) is 0 Å².